The summed E-state index contributed by atoms with van der Waals surface area (Å²) in [7, 11) is 1.81. The van der Waals surface area contributed by atoms with Crippen LogP contribution in [-0.4, -0.2) is 92.4 Å². The Morgan fingerprint density at radius 1 is 1.14 bits per heavy atom. The summed E-state index contributed by atoms with van der Waals surface area (Å²) in [4.78, 5) is 45.6. The maximum atomic E-state index is 15.8. The summed E-state index contributed by atoms with van der Waals surface area (Å²) < 4.78 is 56.9. The molecule has 0 spiro atoms. The van der Waals surface area contributed by atoms with Gasteiger partial charge < -0.3 is 15.0 Å². The number of carbonyl (C=O) groups excluding carboxylic acids is 2. The number of thiazole rings is 1. The van der Waals surface area contributed by atoms with Gasteiger partial charge in [-0.1, -0.05) is 29.8 Å². The minimum Gasteiger partial charge on any atom is -0.481 e. The maximum absolute atomic E-state index is 15.8. The van der Waals surface area contributed by atoms with E-state index in [9.17, 15) is 27.6 Å². The average Bonchev–Trinajstić information content (AvgIpc) is 3.80. The standard InChI is InChI=1S/C34H35ClF4N6O4S/c1-42-19-24(23-5-2-3-6-28(23)42)32(49)41-27-17-26(36)21(15-25(27)35)16-30(46)45(44-12-10-43(11-13-44)20-34(37,38)39)14-4-7-29(45)33-40-18-22(50-33)8-9-31(47)48/h2-3,5-6,15,17-19,29H,4,7-14,16,20H2,1H3,(H-,41,47,48,49)/p+1/t29-,45?/m0/s1. The molecular weight excluding hydrogens is 700 g/mol. The Bertz CT molecular complexity index is 1920. The van der Waals surface area contributed by atoms with E-state index in [1.807, 2.05) is 40.9 Å². The van der Waals surface area contributed by atoms with Crippen LogP contribution >= 0.6 is 22.9 Å². The van der Waals surface area contributed by atoms with Crippen molar-refractivity contribution in [2.45, 2.75) is 44.3 Å². The Kier molecular flexibility index (Phi) is 10.3. The molecule has 2 aromatic carbocycles. The number of carboxylic acids is 1. The number of quaternary nitrogens is 1. The quantitative estimate of drug-likeness (QED) is 0.147. The van der Waals surface area contributed by atoms with Gasteiger partial charge in [-0.15, -0.1) is 16.3 Å². The number of aromatic nitrogens is 2. The Morgan fingerprint density at radius 2 is 1.88 bits per heavy atom. The van der Waals surface area contributed by atoms with Crippen LogP contribution in [0.1, 0.15) is 51.1 Å². The van der Waals surface area contributed by atoms with E-state index in [2.05, 4.69) is 10.3 Å². The molecular formula is C34H36ClF4N6O4S+. The monoisotopic (exact) mass is 735 g/mol. The number of piperazine rings is 1. The first-order valence-corrected chi connectivity index (χ1v) is 17.4. The van der Waals surface area contributed by atoms with E-state index in [0.29, 0.717) is 35.3 Å². The van der Waals surface area contributed by atoms with Gasteiger partial charge in [0.05, 0.1) is 48.7 Å². The molecule has 0 bridgehead atoms. The summed E-state index contributed by atoms with van der Waals surface area (Å²) in [6.07, 6.45) is -0.0692. The Balaban J connectivity index is 1.26. The molecule has 0 aliphatic carbocycles. The molecule has 2 aliphatic rings. The number of alkyl halides is 3. The number of likely N-dealkylation sites (tertiary alicyclic amines) is 1. The van der Waals surface area contributed by atoms with Crippen molar-refractivity contribution in [3.05, 3.63) is 80.6 Å². The summed E-state index contributed by atoms with van der Waals surface area (Å²) in [6, 6.07) is 9.29. The first kappa shape index (κ1) is 35.9. The number of rotatable bonds is 10. The number of nitrogens with one attached hydrogen (secondary N) is 1. The van der Waals surface area contributed by atoms with Gasteiger partial charge in [-0.3, -0.25) is 14.5 Å². The smallest absolute Gasteiger partial charge is 0.401 e. The second-order valence-corrected chi connectivity index (χ2v) is 14.3. The van der Waals surface area contributed by atoms with E-state index in [1.54, 1.807) is 12.4 Å². The molecule has 2 amide bonds. The minimum atomic E-state index is -4.36. The Morgan fingerprint density at radius 3 is 2.60 bits per heavy atom. The van der Waals surface area contributed by atoms with Crippen molar-refractivity contribution in [1.29, 1.82) is 0 Å². The fourth-order valence-electron chi connectivity index (χ4n) is 7.16. The van der Waals surface area contributed by atoms with Gasteiger partial charge in [-0.05, 0) is 24.6 Å². The van der Waals surface area contributed by atoms with Crippen molar-refractivity contribution in [2.24, 2.45) is 7.05 Å². The molecule has 2 aromatic heterocycles. The van der Waals surface area contributed by atoms with Gasteiger partial charge in [0.15, 0.2) is 11.0 Å². The maximum Gasteiger partial charge on any atom is 0.401 e. The number of benzene rings is 2. The summed E-state index contributed by atoms with van der Waals surface area (Å²) >= 11 is 7.89. The SMILES string of the molecule is Cn1cc(C(=O)Nc2cc(F)c(CC(=O)[N+]3(N4CCN(CC(F)(F)F)CC4)CCC[C@H]3c3ncc(CCC(=O)O)s3)cc2Cl)c2ccccc21. The van der Waals surface area contributed by atoms with E-state index in [-0.39, 0.29) is 72.2 Å². The number of amides is 2. The molecule has 2 fully saturated rings. The Labute approximate surface area is 294 Å². The van der Waals surface area contributed by atoms with Crippen LogP contribution in [0, 0.1) is 5.82 Å². The lowest BCUT2D eigenvalue weighted by molar-refractivity contribution is -0.985. The molecule has 2 aliphatic heterocycles. The highest BCUT2D eigenvalue weighted by atomic mass is 35.5. The highest BCUT2D eigenvalue weighted by Gasteiger charge is 2.55. The first-order valence-electron chi connectivity index (χ1n) is 16.2. The summed E-state index contributed by atoms with van der Waals surface area (Å²) in [5, 5.41) is 15.1. The average molecular weight is 736 g/mol. The van der Waals surface area contributed by atoms with Crippen molar-refractivity contribution in [3.8, 4) is 0 Å². The molecule has 4 aromatic rings. The van der Waals surface area contributed by atoms with Crippen LogP contribution in [0.4, 0.5) is 23.2 Å². The number of fused-ring (bicyclic) bond motifs is 1. The lowest BCUT2D eigenvalue weighted by Crippen LogP contribution is -2.67. The zero-order chi connectivity index (χ0) is 35.8. The van der Waals surface area contributed by atoms with E-state index >= 15 is 4.39 Å². The number of hydrogen-bond donors (Lipinski definition) is 2. The number of carbonyl (C=O) groups is 3. The van der Waals surface area contributed by atoms with Crippen LogP contribution in [0.3, 0.4) is 0 Å². The van der Waals surface area contributed by atoms with Gasteiger partial charge in [0, 0.05) is 66.7 Å². The van der Waals surface area contributed by atoms with Gasteiger partial charge >= 0.3 is 18.1 Å². The molecule has 2 atom stereocenters. The van der Waals surface area contributed by atoms with E-state index in [1.165, 1.54) is 22.3 Å². The molecule has 266 valence electrons. The number of anilines is 1. The van der Waals surface area contributed by atoms with Gasteiger partial charge in [0.1, 0.15) is 12.4 Å². The topological polar surface area (TPSA) is 108 Å². The van der Waals surface area contributed by atoms with Gasteiger partial charge in [0.25, 0.3) is 5.91 Å². The molecule has 0 radical (unpaired) electrons. The predicted octanol–water partition coefficient (Wildman–Crippen LogP) is 6.21. The summed E-state index contributed by atoms with van der Waals surface area (Å²) in [5.74, 6) is -2.53. The van der Waals surface area contributed by atoms with Gasteiger partial charge in [0.2, 0.25) is 0 Å². The number of para-hydroxylation sites is 1. The van der Waals surface area contributed by atoms with Crippen LogP contribution in [0.5, 0.6) is 0 Å². The largest absolute Gasteiger partial charge is 0.481 e. The third kappa shape index (κ3) is 7.42. The second kappa shape index (κ2) is 14.4. The van der Waals surface area contributed by atoms with Crippen molar-refractivity contribution >= 4 is 57.3 Å². The van der Waals surface area contributed by atoms with E-state index < -0.39 is 36.5 Å². The first-order chi connectivity index (χ1) is 23.7. The number of halogens is 5. The third-order valence-electron chi connectivity index (χ3n) is 9.49. The number of aryl methyl sites for hydroxylation is 2. The molecule has 2 saturated heterocycles. The molecule has 6 rings (SSSR count). The highest BCUT2D eigenvalue weighted by Crippen LogP contribution is 2.44. The molecule has 1 unspecified atom stereocenters. The normalized spacial score (nSPS) is 20.4. The minimum absolute atomic E-state index is 0.0169. The third-order valence-corrected chi connectivity index (χ3v) is 11.0. The molecule has 2 N–H and O–H groups in total. The lowest BCUT2D eigenvalue weighted by atomic mass is 10.1. The zero-order valence-corrected chi connectivity index (χ0v) is 28.8. The van der Waals surface area contributed by atoms with E-state index in [0.717, 1.165) is 16.5 Å². The summed E-state index contributed by atoms with van der Waals surface area (Å²) in [6.45, 7) is -0.166. The highest BCUT2D eigenvalue weighted by molar-refractivity contribution is 7.11. The van der Waals surface area contributed by atoms with Crippen molar-refractivity contribution < 1.29 is 41.6 Å². The summed E-state index contributed by atoms with van der Waals surface area (Å²) in [5.41, 5.74) is 1.29. The number of aliphatic carboxylic acids is 1. The Hall–Kier alpha value is -3.89. The molecule has 50 heavy (non-hydrogen) atoms. The fourth-order valence-corrected chi connectivity index (χ4v) is 8.50. The lowest BCUT2D eigenvalue weighted by Gasteiger charge is -2.47. The van der Waals surface area contributed by atoms with Crippen LogP contribution < -0.4 is 5.32 Å². The van der Waals surface area contributed by atoms with Crippen LogP contribution in [-0.2, 0) is 29.5 Å². The van der Waals surface area contributed by atoms with Crippen molar-refractivity contribution in [1.82, 2.24) is 19.5 Å². The molecule has 4 heterocycles. The number of nitrogens with zero attached hydrogens (tertiary/aromatic N) is 5. The fraction of sp³-hybridized carbons (Fsp3) is 0.412. The number of hydrogen-bond acceptors (Lipinski definition) is 7. The molecule has 16 heteroatoms. The molecule has 10 nitrogen and oxygen atoms in total. The second-order valence-electron chi connectivity index (χ2n) is 12.7. The van der Waals surface area contributed by atoms with Crippen molar-refractivity contribution in [3.63, 3.8) is 0 Å². The van der Waals surface area contributed by atoms with Crippen LogP contribution in [0.15, 0.2) is 48.8 Å². The van der Waals surface area contributed by atoms with Gasteiger partial charge in [-0.2, -0.15) is 17.8 Å². The molecule has 0 saturated carbocycles. The predicted molar refractivity (Wildman–Crippen MR) is 180 cm³/mol. The van der Waals surface area contributed by atoms with Crippen molar-refractivity contribution in [2.75, 3.05) is 44.6 Å². The number of carboxylic acid groups (broad SMARTS) is 1. The van der Waals surface area contributed by atoms with E-state index in [4.69, 9.17) is 16.7 Å². The zero-order valence-electron chi connectivity index (χ0n) is 27.2. The van der Waals surface area contributed by atoms with Gasteiger partial charge in [-0.25, -0.2) is 14.2 Å². The van der Waals surface area contributed by atoms with Crippen LogP contribution in [0.25, 0.3) is 10.9 Å². The van der Waals surface area contributed by atoms with Crippen LogP contribution in [0.2, 0.25) is 5.02 Å².